The highest BCUT2D eigenvalue weighted by Crippen LogP contribution is 2.25. The van der Waals surface area contributed by atoms with Gasteiger partial charge in [0.25, 0.3) is 0 Å². The van der Waals surface area contributed by atoms with Crippen LogP contribution in [0.4, 0.5) is 11.6 Å². The standard InChI is InChI=1S/C31H35ClN4O2/c1-4-36(5-2)19-21-38-28-16-12-26(13-17-28)34-31-33-23(3)22-30(35-31)25-10-14-27(15-11-25)37-20-18-24-8-6-7-9-29(24)32/h6-17,22H,4-5,18-21H2,1-3H3,(H,33,34,35). The highest BCUT2D eigenvalue weighted by molar-refractivity contribution is 6.31. The van der Waals surface area contributed by atoms with Crippen LogP contribution in [-0.2, 0) is 6.42 Å². The van der Waals surface area contributed by atoms with Crippen LogP contribution in [0.5, 0.6) is 11.5 Å². The van der Waals surface area contributed by atoms with Crippen LogP contribution in [-0.4, -0.2) is 47.7 Å². The maximum atomic E-state index is 6.24. The van der Waals surface area contributed by atoms with Crippen LogP contribution >= 0.6 is 11.6 Å². The van der Waals surface area contributed by atoms with Gasteiger partial charge < -0.3 is 19.7 Å². The zero-order chi connectivity index (χ0) is 26.7. The summed E-state index contributed by atoms with van der Waals surface area (Å²) in [6, 6.07) is 25.7. The number of hydrogen-bond donors (Lipinski definition) is 1. The predicted molar refractivity (Wildman–Crippen MR) is 156 cm³/mol. The molecule has 0 aliphatic heterocycles. The Labute approximate surface area is 230 Å². The first-order valence-corrected chi connectivity index (χ1v) is 13.5. The fourth-order valence-corrected chi connectivity index (χ4v) is 4.30. The second kappa shape index (κ2) is 13.8. The van der Waals surface area contributed by atoms with Crippen molar-refractivity contribution in [3.05, 3.63) is 95.1 Å². The molecule has 0 aliphatic rings. The molecule has 6 nitrogen and oxygen atoms in total. The molecule has 0 saturated heterocycles. The fourth-order valence-electron chi connectivity index (χ4n) is 4.07. The molecule has 0 atom stereocenters. The van der Waals surface area contributed by atoms with Gasteiger partial charge >= 0.3 is 0 Å². The molecule has 1 heterocycles. The summed E-state index contributed by atoms with van der Waals surface area (Å²) < 4.78 is 11.8. The Kier molecular flexibility index (Phi) is 9.96. The monoisotopic (exact) mass is 530 g/mol. The van der Waals surface area contributed by atoms with Crippen molar-refractivity contribution < 1.29 is 9.47 Å². The first-order valence-electron chi connectivity index (χ1n) is 13.1. The minimum Gasteiger partial charge on any atom is -0.493 e. The molecule has 0 bridgehead atoms. The maximum absolute atomic E-state index is 6.24. The number of rotatable bonds is 13. The quantitative estimate of drug-likeness (QED) is 0.197. The van der Waals surface area contributed by atoms with Crippen molar-refractivity contribution in [2.24, 2.45) is 0 Å². The lowest BCUT2D eigenvalue weighted by Crippen LogP contribution is -2.27. The van der Waals surface area contributed by atoms with Gasteiger partial charge in [0.05, 0.1) is 12.3 Å². The van der Waals surface area contributed by atoms with Gasteiger partial charge in [-0.3, -0.25) is 0 Å². The minimum atomic E-state index is 0.551. The summed E-state index contributed by atoms with van der Waals surface area (Å²) in [5.74, 6) is 2.21. The van der Waals surface area contributed by atoms with Crippen LogP contribution in [0.15, 0.2) is 78.9 Å². The molecule has 0 unspecified atom stereocenters. The number of ether oxygens (including phenoxy) is 2. The van der Waals surface area contributed by atoms with Crippen molar-refractivity contribution in [1.82, 2.24) is 14.9 Å². The third kappa shape index (κ3) is 7.94. The van der Waals surface area contributed by atoms with E-state index in [1.807, 2.05) is 85.8 Å². The number of nitrogens with one attached hydrogen (secondary N) is 1. The van der Waals surface area contributed by atoms with Gasteiger partial charge in [0.1, 0.15) is 18.1 Å². The average Bonchev–Trinajstić information content (AvgIpc) is 2.93. The number of halogens is 1. The number of hydrogen-bond acceptors (Lipinski definition) is 6. The molecule has 7 heteroatoms. The van der Waals surface area contributed by atoms with Gasteiger partial charge in [-0.15, -0.1) is 0 Å². The second-order valence-electron chi connectivity index (χ2n) is 8.96. The molecule has 198 valence electrons. The molecule has 0 radical (unpaired) electrons. The summed E-state index contributed by atoms with van der Waals surface area (Å²) in [5, 5.41) is 4.08. The molecular formula is C31H35ClN4O2. The average molecular weight is 531 g/mol. The Bertz CT molecular complexity index is 1290. The smallest absolute Gasteiger partial charge is 0.227 e. The first kappa shape index (κ1) is 27.4. The number of likely N-dealkylation sites (N-methyl/N-ethyl adjacent to an activating group) is 1. The highest BCUT2D eigenvalue weighted by Gasteiger charge is 2.07. The summed E-state index contributed by atoms with van der Waals surface area (Å²) in [7, 11) is 0. The summed E-state index contributed by atoms with van der Waals surface area (Å²) in [6.07, 6.45) is 0.755. The van der Waals surface area contributed by atoms with Crippen molar-refractivity contribution in [3.63, 3.8) is 0 Å². The molecule has 38 heavy (non-hydrogen) atoms. The summed E-state index contributed by atoms with van der Waals surface area (Å²) in [5.41, 5.74) is 4.71. The Hall–Kier alpha value is -3.61. The van der Waals surface area contributed by atoms with E-state index in [1.54, 1.807) is 0 Å². The summed E-state index contributed by atoms with van der Waals surface area (Å²) >= 11 is 6.24. The first-order chi connectivity index (χ1) is 18.5. The molecule has 0 saturated carbocycles. The lowest BCUT2D eigenvalue weighted by atomic mass is 10.1. The zero-order valence-electron chi connectivity index (χ0n) is 22.3. The van der Waals surface area contributed by atoms with Gasteiger partial charge in [0.2, 0.25) is 5.95 Å². The lowest BCUT2D eigenvalue weighted by molar-refractivity contribution is 0.223. The Balaban J connectivity index is 1.33. The third-order valence-electron chi connectivity index (χ3n) is 6.28. The van der Waals surface area contributed by atoms with Gasteiger partial charge in [-0.2, -0.15) is 0 Å². The van der Waals surface area contributed by atoms with Gasteiger partial charge in [0.15, 0.2) is 0 Å². The number of aromatic nitrogens is 2. The molecule has 3 aromatic carbocycles. The molecule has 1 N–H and O–H groups in total. The van der Waals surface area contributed by atoms with E-state index >= 15 is 0 Å². The number of anilines is 2. The lowest BCUT2D eigenvalue weighted by Gasteiger charge is -2.18. The molecule has 0 aliphatic carbocycles. The molecule has 4 rings (SSSR count). The van der Waals surface area contributed by atoms with E-state index in [4.69, 9.17) is 26.1 Å². The van der Waals surface area contributed by atoms with Crippen LogP contribution in [0.2, 0.25) is 5.02 Å². The van der Waals surface area contributed by atoms with Crippen LogP contribution in [0.25, 0.3) is 11.3 Å². The normalized spacial score (nSPS) is 11.0. The van der Waals surface area contributed by atoms with Crippen molar-refractivity contribution in [3.8, 4) is 22.8 Å². The van der Waals surface area contributed by atoms with Crippen LogP contribution in [0.1, 0.15) is 25.1 Å². The summed E-state index contributed by atoms with van der Waals surface area (Å²) in [6.45, 7) is 10.5. The van der Waals surface area contributed by atoms with Crippen molar-refractivity contribution in [1.29, 1.82) is 0 Å². The molecular weight excluding hydrogens is 496 g/mol. The van der Waals surface area contributed by atoms with E-state index < -0.39 is 0 Å². The van der Waals surface area contributed by atoms with Gasteiger partial charge in [-0.1, -0.05) is 43.6 Å². The number of benzene rings is 3. The Morgan fingerprint density at radius 1 is 0.816 bits per heavy atom. The van der Waals surface area contributed by atoms with Gasteiger partial charge in [-0.05, 0) is 86.2 Å². The number of nitrogens with zero attached hydrogens (tertiary/aromatic N) is 3. The molecule has 0 spiro atoms. The van der Waals surface area contributed by atoms with E-state index in [0.29, 0.717) is 19.2 Å². The van der Waals surface area contributed by atoms with Gasteiger partial charge in [0, 0.05) is 34.9 Å². The predicted octanol–water partition coefficient (Wildman–Crippen LogP) is 7.19. The van der Waals surface area contributed by atoms with E-state index in [9.17, 15) is 0 Å². The molecule has 0 amide bonds. The molecule has 1 aromatic heterocycles. The molecule has 0 fully saturated rings. The Morgan fingerprint density at radius 3 is 2.16 bits per heavy atom. The SMILES string of the molecule is CCN(CC)CCOc1ccc(Nc2nc(C)cc(-c3ccc(OCCc4ccccc4Cl)cc3)n2)cc1. The van der Waals surface area contributed by atoms with Crippen LogP contribution < -0.4 is 14.8 Å². The number of aryl methyl sites for hydroxylation is 1. The fraction of sp³-hybridized carbons (Fsp3) is 0.290. The van der Waals surface area contributed by atoms with E-state index in [1.165, 1.54) is 0 Å². The van der Waals surface area contributed by atoms with Crippen molar-refractivity contribution in [2.75, 3.05) is 38.2 Å². The van der Waals surface area contributed by atoms with Crippen molar-refractivity contribution in [2.45, 2.75) is 27.2 Å². The molecule has 4 aromatic rings. The van der Waals surface area contributed by atoms with E-state index in [2.05, 4.69) is 29.0 Å². The summed E-state index contributed by atoms with van der Waals surface area (Å²) in [4.78, 5) is 11.6. The van der Waals surface area contributed by atoms with Crippen molar-refractivity contribution >= 4 is 23.2 Å². The topological polar surface area (TPSA) is 59.5 Å². The second-order valence-corrected chi connectivity index (χ2v) is 9.36. The maximum Gasteiger partial charge on any atom is 0.227 e. The zero-order valence-corrected chi connectivity index (χ0v) is 23.0. The van der Waals surface area contributed by atoms with Crippen LogP contribution in [0, 0.1) is 6.92 Å². The van der Waals surface area contributed by atoms with Crippen LogP contribution in [0.3, 0.4) is 0 Å². The largest absolute Gasteiger partial charge is 0.493 e. The van der Waals surface area contributed by atoms with E-state index in [-0.39, 0.29) is 0 Å². The van der Waals surface area contributed by atoms with Gasteiger partial charge in [-0.25, -0.2) is 9.97 Å². The van der Waals surface area contributed by atoms with E-state index in [0.717, 1.165) is 70.8 Å². The Morgan fingerprint density at radius 2 is 1.47 bits per heavy atom. The third-order valence-corrected chi connectivity index (χ3v) is 6.65. The highest BCUT2D eigenvalue weighted by atomic mass is 35.5. The minimum absolute atomic E-state index is 0.551.